The van der Waals surface area contributed by atoms with Gasteiger partial charge in [-0.05, 0) is 87.3 Å². The van der Waals surface area contributed by atoms with Crippen molar-refractivity contribution in [1.82, 2.24) is 14.7 Å². The van der Waals surface area contributed by atoms with Crippen molar-refractivity contribution < 1.29 is 4.79 Å². The van der Waals surface area contributed by atoms with Gasteiger partial charge in [-0.25, -0.2) is 4.68 Å². The topological polar surface area (TPSA) is 38.1 Å². The first-order valence-corrected chi connectivity index (χ1v) is 13.2. The van der Waals surface area contributed by atoms with E-state index in [-0.39, 0.29) is 0 Å². The van der Waals surface area contributed by atoms with E-state index in [0.717, 1.165) is 22.5 Å². The Kier molecular flexibility index (Phi) is 8.04. The summed E-state index contributed by atoms with van der Waals surface area (Å²) < 4.78 is 1.74. The number of nitrogens with zero attached hydrogens (tertiary/aromatic N) is 3. The van der Waals surface area contributed by atoms with Crippen LogP contribution in [-0.2, 0) is 0 Å². The van der Waals surface area contributed by atoms with Gasteiger partial charge in [0.1, 0.15) is 5.69 Å². The molecule has 170 valence electrons. The van der Waals surface area contributed by atoms with E-state index >= 15 is 0 Å². The number of carbonyl (C=O) groups excluding carboxylic acids is 1. The molecule has 33 heavy (non-hydrogen) atoms. The van der Waals surface area contributed by atoms with E-state index in [2.05, 4.69) is 59.7 Å². The Morgan fingerprint density at radius 2 is 1.76 bits per heavy atom. The van der Waals surface area contributed by atoms with Crippen molar-refractivity contribution in [2.24, 2.45) is 0 Å². The number of hydrogen-bond donors (Lipinski definition) is 0. The number of carbonyl (C=O) groups is 1. The van der Waals surface area contributed by atoms with E-state index in [4.69, 9.17) is 11.6 Å². The molecule has 1 aliphatic rings. The fourth-order valence-corrected chi connectivity index (χ4v) is 5.40. The average Bonchev–Trinajstić information content (AvgIpc) is 3.60. The second-order valence-electron chi connectivity index (χ2n) is 7.84. The van der Waals surface area contributed by atoms with Crippen LogP contribution >= 0.6 is 34.7 Å². The Balaban J connectivity index is 0.000000376. The SMILES string of the molecule is CN1CCCC1.CSc1cccc(-c2ccc(-c3cc(C=O)nn3-c3ccccc3Cl)s2)c1. The van der Waals surface area contributed by atoms with Crippen LogP contribution in [0.1, 0.15) is 23.3 Å². The summed E-state index contributed by atoms with van der Waals surface area (Å²) in [7, 11) is 2.17. The highest BCUT2D eigenvalue weighted by molar-refractivity contribution is 7.98. The zero-order valence-corrected chi connectivity index (χ0v) is 21.1. The monoisotopic (exact) mass is 495 g/mol. The quantitative estimate of drug-likeness (QED) is 0.217. The second kappa shape index (κ2) is 11.2. The summed E-state index contributed by atoms with van der Waals surface area (Å²) >= 11 is 9.75. The summed E-state index contributed by atoms with van der Waals surface area (Å²) in [6, 6.07) is 21.9. The van der Waals surface area contributed by atoms with E-state index < -0.39 is 0 Å². The summed E-state index contributed by atoms with van der Waals surface area (Å²) in [4.78, 5) is 17.1. The molecule has 4 nitrogen and oxygen atoms in total. The lowest BCUT2D eigenvalue weighted by Crippen LogP contribution is -2.10. The fourth-order valence-electron chi connectivity index (χ4n) is 3.72. The zero-order valence-electron chi connectivity index (χ0n) is 18.7. The first kappa shape index (κ1) is 23.8. The minimum absolute atomic E-state index is 0.379. The molecule has 0 bridgehead atoms. The van der Waals surface area contributed by atoms with Crippen LogP contribution in [-0.4, -0.2) is 47.4 Å². The maximum absolute atomic E-state index is 11.3. The van der Waals surface area contributed by atoms with Gasteiger partial charge in [-0.3, -0.25) is 4.79 Å². The van der Waals surface area contributed by atoms with Gasteiger partial charge in [-0.2, -0.15) is 5.10 Å². The lowest BCUT2D eigenvalue weighted by Gasteiger charge is -2.07. The molecular weight excluding hydrogens is 470 g/mol. The van der Waals surface area contributed by atoms with Gasteiger partial charge in [0, 0.05) is 9.77 Å². The van der Waals surface area contributed by atoms with E-state index in [1.165, 1.54) is 41.3 Å². The van der Waals surface area contributed by atoms with Gasteiger partial charge in [-0.15, -0.1) is 23.1 Å². The summed E-state index contributed by atoms with van der Waals surface area (Å²) in [6.45, 7) is 2.64. The van der Waals surface area contributed by atoms with Crippen molar-refractivity contribution in [1.29, 1.82) is 0 Å². The van der Waals surface area contributed by atoms with Crippen molar-refractivity contribution in [3.8, 4) is 26.7 Å². The molecule has 1 fully saturated rings. The molecule has 0 unspecified atom stereocenters. The highest BCUT2D eigenvalue weighted by Gasteiger charge is 2.16. The Morgan fingerprint density at radius 1 is 1.00 bits per heavy atom. The number of para-hydroxylation sites is 1. The van der Waals surface area contributed by atoms with Crippen LogP contribution in [0.5, 0.6) is 0 Å². The summed E-state index contributed by atoms with van der Waals surface area (Å²) in [6.07, 6.45) is 5.66. The molecule has 1 aliphatic heterocycles. The molecule has 2 aromatic carbocycles. The van der Waals surface area contributed by atoms with Crippen LogP contribution < -0.4 is 0 Å². The van der Waals surface area contributed by atoms with Crippen LogP contribution in [0, 0.1) is 0 Å². The third kappa shape index (κ3) is 5.76. The lowest BCUT2D eigenvalue weighted by atomic mass is 10.2. The summed E-state index contributed by atoms with van der Waals surface area (Å²) in [5.74, 6) is 0. The molecular formula is C26H26ClN3OS2. The molecule has 4 aromatic rings. The zero-order chi connectivity index (χ0) is 23.2. The number of halogens is 1. The van der Waals surface area contributed by atoms with Crippen LogP contribution in [0.4, 0.5) is 0 Å². The molecule has 0 aliphatic carbocycles. The Hall–Kier alpha value is -2.38. The first-order valence-electron chi connectivity index (χ1n) is 10.8. The molecule has 0 N–H and O–H groups in total. The van der Waals surface area contributed by atoms with E-state index in [9.17, 15) is 4.79 Å². The van der Waals surface area contributed by atoms with Gasteiger partial charge in [0.2, 0.25) is 0 Å². The molecule has 0 saturated carbocycles. The number of aldehydes is 1. The molecule has 7 heteroatoms. The number of aromatic nitrogens is 2. The Bertz CT molecular complexity index is 1230. The fraction of sp³-hybridized carbons (Fsp3) is 0.231. The molecule has 2 aromatic heterocycles. The molecule has 0 spiro atoms. The largest absolute Gasteiger partial charge is 0.306 e. The van der Waals surface area contributed by atoms with Gasteiger partial charge in [0.25, 0.3) is 0 Å². The number of thiophene rings is 1. The molecule has 1 saturated heterocycles. The number of hydrogen-bond acceptors (Lipinski definition) is 5. The molecule has 0 atom stereocenters. The highest BCUT2D eigenvalue weighted by Crippen LogP contribution is 2.37. The first-order chi connectivity index (χ1) is 16.1. The van der Waals surface area contributed by atoms with Gasteiger partial charge in [-0.1, -0.05) is 35.9 Å². The Labute approximate surface area is 208 Å². The predicted molar refractivity (Wildman–Crippen MR) is 141 cm³/mol. The summed E-state index contributed by atoms with van der Waals surface area (Å²) in [5, 5.41) is 5.00. The maximum Gasteiger partial charge on any atom is 0.170 e. The number of benzene rings is 2. The summed E-state index contributed by atoms with van der Waals surface area (Å²) in [5.41, 5.74) is 3.16. The predicted octanol–water partition coefficient (Wildman–Crippen LogP) is 7.17. The van der Waals surface area contributed by atoms with E-state index in [0.29, 0.717) is 10.7 Å². The molecule has 0 radical (unpaired) electrons. The van der Waals surface area contributed by atoms with Crippen molar-refractivity contribution in [3.05, 3.63) is 77.4 Å². The van der Waals surface area contributed by atoms with Gasteiger partial charge >= 0.3 is 0 Å². The van der Waals surface area contributed by atoms with E-state index in [1.807, 2.05) is 24.3 Å². The Morgan fingerprint density at radius 3 is 2.42 bits per heavy atom. The van der Waals surface area contributed by atoms with Crippen LogP contribution in [0.25, 0.3) is 26.7 Å². The minimum Gasteiger partial charge on any atom is -0.306 e. The number of rotatable bonds is 5. The van der Waals surface area contributed by atoms with Crippen LogP contribution in [0.15, 0.2) is 71.6 Å². The van der Waals surface area contributed by atoms with Crippen molar-refractivity contribution >= 4 is 41.0 Å². The normalized spacial score (nSPS) is 13.5. The maximum atomic E-state index is 11.3. The second-order valence-corrected chi connectivity index (χ2v) is 10.2. The average molecular weight is 496 g/mol. The highest BCUT2D eigenvalue weighted by atomic mass is 35.5. The van der Waals surface area contributed by atoms with Crippen molar-refractivity contribution in [3.63, 3.8) is 0 Å². The third-order valence-electron chi connectivity index (χ3n) is 5.47. The smallest absolute Gasteiger partial charge is 0.170 e. The standard InChI is InChI=1S/C21H15ClN2OS2.C5H11N/c1-26-16-6-4-5-14(11-16)20-9-10-21(27-20)19-12-15(13-25)23-24(19)18-8-3-2-7-17(18)22;1-6-4-2-3-5-6/h2-13H,1H3;2-5H2,1H3. The van der Waals surface area contributed by atoms with Gasteiger partial charge < -0.3 is 4.90 Å². The lowest BCUT2D eigenvalue weighted by molar-refractivity contribution is 0.111. The van der Waals surface area contributed by atoms with Crippen LogP contribution in [0.2, 0.25) is 5.02 Å². The molecule has 0 amide bonds. The van der Waals surface area contributed by atoms with Crippen molar-refractivity contribution in [2.75, 3.05) is 26.4 Å². The molecule has 3 heterocycles. The van der Waals surface area contributed by atoms with Crippen LogP contribution in [0.3, 0.4) is 0 Å². The minimum atomic E-state index is 0.379. The van der Waals surface area contributed by atoms with Gasteiger partial charge in [0.15, 0.2) is 6.29 Å². The van der Waals surface area contributed by atoms with E-state index in [1.54, 1.807) is 33.8 Å². The number of thioether (sulfide) groups is 1. The number of likely N-dealkylation sites (tertiary alicyclic amines) is 1. The third-order valence-corrected chi connectivity index (χ3v) is 7.67. The van der Waals surface area contributed by atoms with Gasteiger partial charge in [0.05, 0.1) is 21.3 Å². The molecule has 5 rings (SSSR count). The van der Waals surface area contributed by atoms with Crippen molar-refractivity contribution in [2.45, 2.75) is 17.7 Å².